The summed E-state index contributed by atoms with van der Waals surface area (Å²) in [5.74, 6) is 0.111. The zero-order chi connectivity index (χ0) is 15.1. The maximum absolute atomic E-state index is 11.1. The van der Waals surface area contributed by atoms with Crippen molar-refractivity contribution in [3.05, 3.63) is 23.5 Å². The van der Waals surface area contributed by atoms with E-state index >= 15 is 0 Å². The number of Topliss-reactive ketones (excluding diaryl/α,β-unsaturated/α-hetero) is 1. The molecule has 2 heterocycles. The van der Waals surface area contributed by atoms with Crippen molar-refractivity contribution in [2.75, 3.05) is 0 Å². The van der Waals surface area contributed by atoms with Crippen LogP contribution in [-0.4, -0.2) is 29.1 Å². The highest BCUT2D eigenvalue weighted by molar-refractivity contribution is 6.62. The lowest BCUT2D eigenvalue weighted by molar-refractivity contribution is -0.116. The summed E-state index contributed by atoms with van der Waals surface area (Å²) in [5, 5.41) is 0. The number of aromatic nitrogens is 1. The summed E-state index contributed by atoms with van der Waals surface area (Å²) in [5.41, 5.74) is 2.03. The van der Waals surface area contributed by atoms with Crippen LogP contribution < -0.4 is 5.46 Å². The molecule has 0 aliphatic carbocycles. The van der Waals surface area contributed by atoms with Crippen molar-refractivity contribution in [2.24, 2.45) is 0 Å². The predicted molar refractivity (Wildman–Crippen MR) is 79.1 cm³/mol. The first-order valence-electron chi connectivity index (χ1n) is 6.93. The van der Waals surface area contributed by atoms with Gasteiger partial charge < -0.3 is 9.31 Å². The van der Waals surface area contributed by atoms with Crippen LogP contribution in [0.15, 0.2) is 12.3 Å². The third kappa shape index (κ3) is 2.79. The first-order chi connectivity index (χ1) is 9.12. The van der Waals surface area contributed by atoms with E-state index < -0.39 is 7.12 Å². The van der Waals surface area contributed by atoms with E-state index in [1.165, 1.54) is 0 Å². The van der Waals surface area contributed by atoms with Gasteiger partial charge in [0, 0.05) is 23.8 Å². The Kier molecular flexibility index (Phi) is 3.78. The number of ketones is 1. The van der Waals surface area contributed by atoms with Crippen LogP contribution >= 0.6 is 0 Å². The van der Waals surface area contributed by atoms with Gasteiger partial charge in [0.2, 0.25) is 0 Å². The summed E-state index contributed by atoms with van der Waals surface area (Å²) in [6.07, 6.45) is 2.13. The normalized spacial score (nSPS) is 20.2. The minimum Gasteiger partial charge on any atom is -0.399 e. The molecule has 0 radical (unpaired) electrons. The molecule has 1 saturated heterocycles. The quantitative estimate of drug-likeness (QED) is 0.789. The molecule has 0 atom stereocenters. The van der Waals surface area contributed by atoms with Crippen LogP contribution in [0.25, 0.3) is 0 Å². The van der Waals surface area contributed by atoms with Gasteiger partial charge in [0.15, 0.2) is 0 Å². The first-order valence-corrected chi connectivity index (χ1v) is 6.93. The molecule has 5 heteroatoms. The molecule has 0 aromatic carbocycles. The lowest BCUT2D eigenvalue weighted by atomic mass is 9.77. The van der Waals surface area contributed by atoms with E-state index in [1.807, 2.05) is 40.7 Å². The second kappa shape index (κ2) is 4.97. The van der Waals surface area contributed by atoms with Gasteiger partial charge in [-0.2, -0.15) is 0 Å². The smallest absolute Gasteiger partial charge is 0.399 e. The molecule has 20 heavy (non-hydrogen) atoms. The molecular weight excluding hydrogens is 253 g/mol. The molecule has 1 aliphatic heterocycles. The second-order valence-corrected chi connectivity index (χ2v) is 6.50. The van der Waals surface area contributed by atoms with E-state index in [-0.39, 0.29) is 17.0 Å². The molecule has 0 unspecified atom stereocenters. The molecule has 0 bridgehead atoms. The van der Waals surface area contributed by atoms with Crippen molar-refractivity contribution in [3.63, 3.8) is 0 Å². The topological polar surface area (TPSA) is 48.4 Å². The van der Waals surface area contributed by atoms with Crippen LogP contribution in [-0.2, 0) is 20.5 Å². The Labute approximate surface area is 121 Å². The fourth-order valence-corrected chi connectivity index (χ4v) is 2.19. The summed E-state index contributed by atoms with van der Waals surface area (Å²) < 4.78 is 12.0. The second-order valence-electron chi connectivity index (χ2n) is 6.50. The minimum absolute atomic E-state index is 0.111. The van der Waals surface area contributed by atoms with Crippen LogP contribution in [0.1, 0.15) is 45.9 Å². The molecule has 0 spiro atoms. The zero-order valence-corrected chi connectivity index (χ0v) is 13.1. The van der Waals surface area contributed by atoms with Gasteiger partial charge in [-0.15, -0.1) is 0 Å². The van der Waals surface area contributed by atoms with Crippen molar-refractivity contribution in [1.29, 1.82) is 0 Å². The molecule has 4 nitrogen and oxygen atoms in total. The molecule has 0 saturated carbocycles. The lowest BCUT2D eigenvalue weighted by Gasteiger charge is -2.32. The Morgan fingerprint density at radius 1 is 1.25 bits per heavy atom. The lowest BCUT2D eigenvalue weighted by Crippen LogP contribution is -2.41. The van der Waals surface area contributed by atoms with Crippen LogP contribution in [0.4, 0.5) is 0 Å². The largest absolute Gasteiger partial charge is 0.496 e. The number of pyridine rings is 1. The molecule has 2 rings (SSSR count). The molecule has 1 aromatic heterocycles. The minimum atomic E-state index is -0.404. The molecular formula is C15H22BNO3. The van der Waals surface area contributed by atoms with Gasteiger partial charge in [-0.3, -0.25) is 9.78 Å². The van der Waals surface area contributed by atoms with Crippen molar-refractivity contribution in [3.8, 4) is 0 Å². The van der Waals surface area contributed by atoms with Gasteiger partial charge >= 0.3 is 7.12 Å². The van der Waals surface area contributed by atoms with E-state index in [0.717, 1.165) is 16.7 Å². The highest BCUT2D eigenvalue weighted by Crippen LogP contribution is 2.36. The molecule has 0 N–H and O–H groups in total. The average Bonchev–Trinajstić information content (AvgIpc) is 2.46. The van der Waals surface area contributed by atoms with Crippen LogP contribution in [0.5, 0.6) is 0 Å². The Morgan fingerprint density at radius 3 is 2.25 bits per heavy atom. The molecule has 1 fully saturated rings. The summed E-state index contributed by atoms with van der Waals surface area (Å²) in [6, 6.07) is 1.93. The average molecular weight is 275 g/mol. The highest BCUT2D eigenvalue weighted by Gasteiger charge is 2.52. The van der Waals surface area contributed by atoms with E-state index in [2.05, 4.69) is 4.98 Å². The molecule has 1 aromatic rings. The maximum Gasteiger partial charge on any atom is 0.496 e. The van der Waals surface area contributed by atoms with Crippen LogP contribution in [0.3, 0.4) is 0 Å². The van der Waals surface area contributed by atoms with Crippen molar-refractivity contribution in [1.82, 2.24) is 4.98 Å². The van der Waals surface area contributed by atoms with Gasteiger partial charge in [0.05, 0.1) is 11.2 Å². The summed E-state index contributed by atoms with van der Waals surface area (Å²) in [7, 11) is -0.404. The van der Waals surface area contributed by atoms with Crippen LogP contribution in [0, 0.1) is 6.92 Å². The Bertz CT molecular complexity index is 524. The van der Waals surface area contributed by atoms with Gasteiger partial charge in [0.1, 0.15) is 5.78 Å². The van der Waals surface area contributed by atoms with E-state index in [0.29, 0.717) is 6.42 Å². The number of hydrogen-bond acceptors (Lipinski definition) is 4. The van der Waals surface area contributed by atoms with Gasteiger partial charge in [-0.25, -0.2) is 0 Å². The van der Waals surface area contributed by atoms with E-state index in [1.54, 1.807) is 13.1 Å². The highest BCUT2D eigenvalue weighted by atomic mass is 16.7. The number of carbonyl (C=O) groups excluding carboxylic acids is 1. The standard InChI is InChI=1S/C15H22BNO3/c1-10-7-12(8-11(2)18)17-9-13(10)16-19-14(3,4)15(5,6)20-16/h7,9H,8H2,1-6H3. The molecule has 1 aliphatic rings. The fraction of sp³-hybridized carbons (Fsp3) is 0.600. The third-order valence-electron chi connectivity index (χ3n) is 4.15. The van der Waals surface area contributed by atoms with Gasteiger partial charge in [-0.05, 0) is 53.2 Å². The van der Waals surface area contributed by atoms with Crippen molar-refractivity contribution in [2.45, 2.75) is 59.2 Å². The number of hydrogen-bond donors (Lipinski definition) is 0. The summed E-state index contributed by atoms with van der Waals surface area (Å²) >= 11 is 0. The summed E-state index contributed by atoms with van der Waals surface area (Å²) in [4.78, 5) is 15.5. The Hall–Kier alpha value is -1.20. The molecule has 108 valence electrons. The van der Waals surface area contributed by atoms with E-state index in [4.69, 9.17) is 9.31 Å². The zero-order valence-electron chi connectivity index (χ0n) is 13.1. The Morgan fingerprint density at radius 2 is 1.80 bits per heavy atom. The monoisotopic (exact) mass is 275 g/mol. The number of nitrogens with zero attached hydrogens (tertiary/aromatic N) is 1. The first kappa shape index (κ1) is 15.2. The number of carbonyl (C=O) groups is 1. The SMILES string of the molecule is CC(=O)Cc1cc(C)c(B2OC(C)(C)C(C)(C)O2)cn1. The maximum atomic E-state index is 11.1. The predicted octanol–water partition coefficient (Wildman–Crippen LogP) is 1.82. The van der Waals surface area contributed by atoms with Crippen molar-refractivity contribution >= 4 is 18.4 Å². The van der Waals surface area contributed by atoms with Crippen LogP contribution in [0.2, 0.25) is 0 Å². The third-order valence-corrected chi connectivity index (χ3v) is 4.15. The van der Waals surface area contributed by atoms with Crippen molar-refractivity contribution < 1.29 is 14.1 Å². The summed E-state index contributed by atoms with van der Waals surface area (Å²) in [6.45, 7) is 11.7. The fourth-order valence-electron chi connectivity index (χ4n) is 2.19. The number of rotatable bonds is 3. The van der Waals surface area contributed by atoms with Gasteiger partial charge in [0.25, 0.3) is 0 Å². The van der Waals surface area contributed by atoms with Gasteiger partial charge in [-0.1, -0.05) is 0 Å². The number of aryl methyl sites for hydroxylation is 1. The van der Waals surface area contributed by atoms with E-state index in [9.17, 15) is 4.79 Å². The molecule has 0 amide bonds. The Balaban J connectivity index is 2.25.